The van der Waals surface area contributed by atoms with Gasteiger partial charge in [0.25, 0.3) is 0 Å². The molecule has 1 aliphatic heterocycles. The molecule has 0 atom stereocenters. The van der Waals surface area contributed by atoms with Gasteiger partial charge in [-0.05, 0) is 37.0 Å². The van der Waals surface area contributed by atoms with E-state index in [1.165, 1.54) is 24.8 Å². The second-order valence-electron chi connectivity index (χ2n) is 5.01. The predicted octanol–water partition coefficient (Wildman–Crippen LogP) is 2.47. The minimum atomic E-state index is 0.738. The average molecular weight is 269 g/mol. The minimum Gasteiger partial charge on any atom is -0.365 e. The first-order chi connectivity index (χ1) is 9.92. The van der Waals surface area contributed by atoms with E-state index in [1.807, 2.05) is 12.3 Å². The van der Waals surface area contributed by atoms with Crippen molar-refractivity contribution in [3.05, 3.63) is 42.5 Å². The molecule has 5 heteroatoms. The van der Waals surface area contributed by atoms with Gasteiger partial charge >= 0.3 is 0 Å². The monoisotopic (exact) mass is 269 g/mol. The largest absolute Gasteiger partial charge is 0.365 e. The molecule has 0 saturated carbocycles. The second-order valence-corrected chi connectivity index (χ2v) is 5.01. The fourth-order valence-corrected chi connectivity index (χ4v) is 2.45. The summed E-state index contributed by atoms with van der Waals surface area (Å²) in [6, 6.07) is 4.20. The van der Waals surface area contributed by atoms with Crippen molar-refractivity contribution in [1.82, 2.24) is 15.0 Å². The molecule has 2 aromatic rings. The standard InChI is InChI=1S/C15H19N5/c1-2-8-20(9-3-1)15-10-13(4-5-18-15)11-19-14-12-16-6-7-17-14/h4-7,10,12H,1-3,8-9,11H2,(H,17,19). The summed E-state index contributed by atoms with van der Waals surface area (Å²) in [7, 11) is 0. The van der Waals surface area contributed by atoms with E-state index >= 15 is 0 Å². The molecule has 1 saturated heterocycles. The van der Waals surface area contributed by atoms with Crippen LogP contribution in [-0.2, 0) is 6.54 Å². The number of aromatic nitrogens is 3. The Bertz CT molecular complexity index is 537. The summed E-state index contributed by atoms with van der Waals surface area (Å²) >= 11 is 0. The Labute approximate surface area is 119 Å². The van der Waals surface area contributed by atoms with Gasteiger partial charge in [-0.1, -0.05) is 0 Å². The summed E-state index contributed by atoms with van der Waals surface area (Å²) < 4.78 is 0. The molecule has 0 amide bonds. The molecule has 2 aromatic heterocycles. The second kappa shape index (κ2) is 6.32. The van der Waals surface area contributed by atoms with Crippen molar-refractivity contribution < 1.29 is 0 Å². The SMILES string of the molecule is c1cnc(NCc2ccnc(N3CCCCC3)c2)cn1. The van der Waals surface area contributed by atoms with Gasteiger partial charge in [0.1, 0.15) is 11.6 Å². The lowest BCUT2D eigenvalue weighted by atomic mass is 10.1. The molecule has 3 heterocycles. The van der Waals surface area contributed by atoms with Gasteiger partial charge in [0.05, 0.1) is 6.20 Å². The lowest BCUT2D eigenvalue weighted by Gasteiger charge is -2.27. The molecular weight excluding hydrogens is 250 g/mol. The highest BCUT2D eigenvalue weighted by Crippen LogP contribution is 2.18. The van der Waals surface area contributed by atoms with Crippen LogP contribution < -0.4 is 10.2 Å². The Morgan fingerprint density at radius 3 is 2.75 bits per heavy atom. The van der Waals surface area contributed by atoms with Crippen molar-refractivity contribution in [3.8, 4) is 0 Å². The summed E-state index contributed by atoms with van der Waals surface area (Å²) in [5.74, 6) is 1.88. The zero-order valence-electron chi connectivity index (χ0n) is 11.5. The van der Waals surface area contributed by atoms with Gasteiger partial charge in [-0.2, -0.15) is 0 Å². The van der Waals surface area contributed by atoms with Crippen LogP contribution in [0.5, 0.6) is 0 Å². The molecule has 0 aromatic carbocycles. The van der Waals surface area contributed by atoms with Crippen molar-refractivity contribution in [3.63, 3.8) is 0 Å². The highest BCUT2D eigenvalue weighted by atomic mass is 15.2. The number of hydrogen-bond acceptors (Lipinski definition) is 5. The van der Waals surface area contributed by atoms with Crippen LogP contribution in [0.1, 0.15) is 24.8 Å². The third kappa shape index (κ3) is 3.23. The molecular formula is C15H19N5. The third-order valence-electron chi connectivity index (χ3n) is 3.53. The summed E-state index contributed by atoms with van der Waals surface area (Å²) in [4.78, 5) is 15.1. The number of nitrogens with one attached hydrogen (secondary N) is 1. The Morgan fingerprint density at radius 2 is 1.95 bits per heavy atom. The molecule has 0 bridgehead atoms. The molecule has 20 heavy (non-hydrogen) atoms. The van der Waals surface area contributed by atoms with Crippen LogP contribution in [0.15, 0.2) is 36.9 Å². The van der Waals surface area contributed by atoms with Crippen molar-refractivity contribution in [2.24, 2.45) is 0 Å². The van der Waals surface area contributed by atoms with Crippen LogP contribution in [0.2, 0.25) is 0 Å². The summed E-state index contributed by atoms with van der Waals surface area (Å²) in [6.45, 7) is 2.98. The first-order valence-electron chi connectivity index (χ1n) is 7.11. The number of rotatable bonds is 4. The number of anilines is 2. The number of nitrogens with zero attached hydrogens (tertiary/aromatic N) is 4. The maximum Gasteiger partial charge on any atom is 0.144 e. The number of piperidine rings is 1. The first-order valence-corrected chi connectivity index (χ1v) is 7.11. The fraction of sp³-hybridized carbons (Fsp3) is 0.400. The Balaban J connectivity index is 1.65. The highest BCUT2D eigenvalue weighted by Gasteiger charge is 2.12. The number of hydrogen-bond donors (Lipinski definition) is 1. The minimum absolute atomic E-state index is 0.738. The molecule has 5 nitrogen and oxygen atoms in total. The molecule has 3 rings (SSSR count). The Kier molecular flexibility index (Phi) is 4.06. The molecule has 0 unspecified atom stereocenters. The summed E-state index contributed by atoms with van der Waals surface area (Å²) in [6.07, 6.45) is 10.8. The van der Waals surface area contributed by atoms with Gasteiger partial charge in [-0.25, -0.2) is 9.97 Å². The van der Waals surface area contributed by atoms with Crippen LogP contribution in [0.4, 0.5) is 11.6 Å². The van der Waals surface area contributed by atoms with Crippen LogP contribution in [0.3, 0.4) is 0 Å². The summed E-state index contributed by atoms with van der Waals surface area (Å²) in [5.41, 5.74) is 1.21. The van der Waals surface area contributed by atoms with Gasteiger partial charge in [-0.3, -0.25) is 4.98 Å². The Morgan fingerprint density at radius 1 is 1.05 bits per heavy atom. The molecule has 0 radical (unpaired) electrons. The molecule has 1 fully saturated rings. The maximum absolute atomic E-state index is 4.49. The van der Waals surface area contributed by atoms with Gasteiger partial charge in [0.2, 0.25) is 0 Å². The molecule has 104 valence electrons. The number of pyridine rings is 1. The topological polar surface area (TPSA) is 53.9 Å². The molecule has 1 N–H and O–H groups in total. The van der Waals surface area contributed by atoms with E-state index in [9.17, 15) is 0 Å². The first kappa shape index (κ1) is 12.8. The quantitative estimate of drug-likeness (QED) is 0.924. The van der Waals surface area contributed by atoms with E-state index in [0.717, 1.165) is 31.3 Å². The molecule has 1 aliphatic rings. The Hall–Kier alpha value is -2.17. The lowest BCUT2D eigenvalue weighted by molar-refractivity contribution is 0.573. The zero-order valence-corrected chi connectivity index (χ0v) is 11.5. The van der Waals surface area contributed by atoms with Crippen molar-refractivity contribution in [1.29, 1.82) is 0 Å². The lowest BCUT2D eigenvalue weighted by Crippen LogP contribution is -2.30. The van der Waals surface area contributed by atoms with E-state index < -0.39 is 0 Å². The van der Waals surface area contributed by atoms with Crippen molar-refractivity contribution in [2.45, 2.75) is 25.8 Å². The normalized spacial score (nSPS) is 15.1. The third-order valence-corrected chi connectivity index (χ3v) is 3.53. The maximum atomic E-state index is 4.49. The van der Waals surface area contributed by atoms with Crippen LogP contribution >= 0.6 is 0 Å². The fourth-order valence-electron chi connectivity index (χ4n) is 2.45. The van der Waals surface area contributed by atoms with Crippen molar-refractivity contribution >= 4 is 11.6 Å². The van der Waals surface area contributed by atoms with Crippen LogP contribution in [0, 0.1) is 0 Å². The highest BCUT2D eigenvalue weighted by molar-refractivity contribution is 5.42. The van der Waals surface area contributed by atoms with E-state index in [0.29, 0.717) is 0 Å². The van der Waals surface area contributed by atoms with Crippen LogP contribution in [0.25, 0.3) is 0 Å². The van der Waals surface area contributed by atoms with E-state index in [4.69, 9.17) is 0 Å². The van der Waals surface area contributed by atoms with Crippen LogP contribution in [-0.4, -0.2) is 28.0 Å². The van der Waals surface area contributed by atoms with Gasteiger partial charge in [0, 0.05) is 38.2 Å². The van der Waals surface area contributed by atoms with Gasteiger partial charge in [-0.15, -0.1) is 0 Å². The molecule has 0 spiro atoms. The van der Waals surface area contributed by atoms with E-state index in [-0.39, 0.29) is 0 Å². The van der Waals surface area contributed by atoms with Crippen molar-refractivity contribution in [2.75, 3.05) is 23.3 Å². The smallest absolute Gasteiger partial charge is 0.144 e. The predicted molar refractivity (Wildman–Crippen MR) is 79.7 cm³/mol. The summed E-state index contributed by atoms with van der Waals surface area (Å²) in [5, 5.41) is 3.27. The van der Waals surface area contributed by atoms with Gasteiger partial charge < -0.3 is 10.2 Å². The van der Waals surface area contributed by atoms with Gasteiger partial charge in [0.15, 0.2) is 0 Å². The molecule has 0 aliphatic carbocycles. The zero-order chi connectivity index (χ0) is 13.6. The van der Waals surface area contributed by atoms with E-state index in [2.05, 4.69) is 31.2 Å². The average Bonchev–Trinajstić information content (AvgIpc) is 2.55. The van der Waals surface area contributed by atoms with E-state index in [1.54, 1.807) is 18.6 Å².